The van der Waals surface area contributed by atoms with Gasteiger partial charge in [0.05, 0.1) is 0 Å². The Balaban J connectivity index is 2.27. The number of carbonyl (C=O) groups excluding carboxylic acids is 1. The van der Waals surface area contributed by atoms with Gasteiger partial charge in [-0.25, -0.2) is 0 Å². The summed E-state index contributed by atoms with van der Waals surface area (Å²) < 4.78 is 4.93. The van der Waals surface area contributed by atoms with Gasteiger partial charge in [0.1, 0.15) is 0 Å². The largest absolute Gasteiger partial charge is 0.399 e. The van der Waals surface area contributed by atoms with Crippen molar-refractivity contribution in [2.24, 2.45) is 0 Å². The molecule has 0 unspecified atom stereocenters. The van der Waals surface area contributed by atoms with Crippen LogP contribution in [0, 0.1) is 0 Å². The van der Waals surface area contributed by atoms with E-state index in [9.17, 15) is 4.79 Å². The van der Waals surface area contributed by atoms with Crippen molar-refractivity contribution >= 4 is 17.7 Å². The van der Waals surface area contributed by atoms with Crippen LogP contribution in [-0.4, -0.2) is 26.2 Å². The summed E-state index contributed by atoms with van der Waals surface area (Å²) in [6.07, 6.45) is 5.15. The minimum absolute atomic E-state index is 0.0881. The summed E-state index contributed by atoms with van der Waals surface area (Å²) in [5.41, 5.74) is 7.26. The summed E-state index contributed by atoms with van der Waals surface area (Å²) in [5.74, 6) is -0.0881. The molecule has 0 aromatic heterocycles. The Labute approximate surface area is 108 Å². The highest BCUT2D eigenvalue weighted by Gasteiger charge is 1.95. The van der Waals surface area contributed by atoms with E-state index in [-0.39, 0.29) is 5.91 Å². The van der Waals surface area contributed by atoms with E-state index < -0.39 is 0 Å². The lowest BCUT2D eigenvalue weighted by Gasteiger charge is -2.01. The maximum atomic E-state index is 11.5. The summed E-state index contributed by atoms with van der Waals surface area (Å²) in [6.45, 7) is 1.40. The molecule has 0 fully saturated rings. The third-order valence-corrected chi connectivity index (χ3v) is 2.41. The third kappa shape index (κ3) is 6.06. The molecular formula is C14H20N2O2. The molecule has 3 N–H and O–H groups in total. The number of anilines is 1. The average molecular weight is 248 g/mol. The zero-order chi connectivity index (χ0) is 13.2. The number of nitrogens with one attached hydrogen (secondary N) is 1. The fourth-order valence-electron chi connectivity index (χ4n) is 1.48. The number of unbranched alkanes of at least 4 members (excludes halogenated alkanes) is 1. The first-order valence-corrected chi connectivity index (χ1v) is 6.03. The zero-order valence-corrected chi connectivity index (χ0v) is 10.7. The minimum atomic E-state index is -0.0881. The lowest BCUT2D eigenvalue weighted by Crippen LogP contribution is -2.22. The lowest BCUT2D eigenvalue weighted by atomic mass is 10.2. The van der Waals surface area contributed by atoms with Gasteiger partial charge in [-0.05, 0) is 36.6 Å². The molecule has 4 nitrogen and oxygen atoms in total. The fourth-order valence-corrected chi connectivity index (χ4v) is 1.48. The van der Waals surface area contributed by atoms with Gasteiger partial charge >= 0.3 is 0 Å². The van der Waals surface area contributed by atoms with E-state index in [1.54, 1.807) is 13.2 Å². The van der Waals surface area contributed by atoms with Gasteiger partial charge in [0, 0.05) is 32.0 Å². The fraction of sp³-hybridized carbons (Fsp3) is 0.357. The monoisotopic (exact) mass is 248 g/mol. The molecule has 1 aromatic rings. The Morgan fingerprint density at radius 3 is 3.00 bits per heavy atom. The first-order valence-electron chi connectivity index (χ1n) is 6.03. The Bertz CT molecular complexity index is 403. The van der Waals surface area contributed by atoms with Crippen molar-refractivity contribution in [2.75, 3.05) is 26.0 Å². The van der Waals surface area contributed by atoms with E-state index in [0.717, 1.165) is 25.0 Å². The highest BCUT2D eigenvalue weighted by atomic mass is 16.5. The van der Waals surface area contributed by atoms with Crippen LogP contribution in [0.2, 0.25) is 0 Å². The Morgan fingerprint density at radius 1 is 1.44 bits per heavy atom. The molecule has 0 radical (unpaired) electrons. The lowest BCUT2D eigenvalue weighted by molar-refractivity contribution is -0.116. The van der Waals surface area contributed by atoms with E-state index in [1.165, 1.54) is 6.08 Å². The van der Waals surface area contributed by atoms with Crippen molar-refractivity contribution in [3.05, 3.63) is 35.9 Å². The number of nitrogens with two attached hydrogens (primary N) is 1. The third-order valence-electron chi connectivity index (χ3n) is 2.41. The van der Waals surface area contributed by atoms with E-state index >= 15 is 0 Å². The summed E-state index contributed by atoms with van der Waals surface area (Å²) in [6, 6.07) is 7.39. The van der Waals surface area contributed by atoms with Crippen LogP contribution in [0.15, 0.2) is 30.3 Å². The van der Waals surface area contributed by atoms with Gasteiger partial charge in [0.25, 0.3) is 0 Å². The summed E-state index contributed by atoms with van der Waals surface area (Å²) >= 11 is 0. The first kappa shape index (κ1) is 14.3. The SMILES string of the molecule is COCCCCNC(=O)/C=C/c1cccc(N)c1. The van der Waals surface area contributed by atoms with Crippen LogP contribution < -0.4 is 11.1 Å². The van der Waals surface area contributed by atoms with Gasteiger partial charge in [-0.2, -0.15) is 0 Å². The van der Waals surface area contributed by atoms with Gasteiger partial charge in [0.2, 0.25) is 5.91 Å². The molecule has 1 amide bonds. The minimum Gasteiger partial charge on any atom is -0.399 e. The molecule has 18 heavy (non-hydrogen) atoms. The Kier molecular flexibility index (Phi) is 6.58. The van der Waals surface area contributed by atoms with Crippen LogP contribution in [-0.2, 0) is 9.53 Å². The molecule has 4 heteroatoms. The van der Waals surface area contributed by atoms with Gasteiger partial charge in [0.15, 0.2) is 0 Å². The van der Waals surface area contributed by atoms with Crippen molar-refractivity contribution in [2.45, 2.75) is 12.8 Å². The van der Waals surface area contributed by atoms with E-state index in [1.807, 2.05) is 24.3 Å². The van der Waals surface area contributed by atoms with Crippen molar-refractivity contribution in [1.29, 1.82) is 0 Å². The van der Waals surface area contributed by atoms with Crippen LogP contribution in [0.4, 0.5) is 5.69 Å². The van der Waals surface area contributed by atoms with Gasteiger partial charge in [-0.1, -0.05) is 12.1 Å². The van der Waals surface area contributed by atoms with Crippen LogP contribution in [0.25, 0.3) is 6.08 Å². The van der Waals surface area contributed by atoms with Gasteiger partial charge in [-0.15, -0.1) is 0 Å². The molecule has 0 bridgehead atoms. The normalized spacial score (nSPS) is 10.7. The molecule has 0 saturated heterocycles. The van der Waals surface area contributed by atoms with E-state index in [0.29, 0.717) is 12.2 Å². The molecule has 1 aromatic carbocycles. The van der Waals surface area contributed by atoms with Crippen LogP contribution in [0.1, 0.15) is 18.4 Å². The average Bonchev–Trinajstić information content (AvgIpc) is 2.36. The van der Waals surface area contributed by atoms with Crippen LogP contribution >= 0.6 is 0 Å². The maximum absolute atomic E-state index is 11.5. The van der Waals surface area contributed by atoms with Crippen LogP contribution in [0.3, 0.4) is 0 Å². The highest BCUT2D eigenvalue weighted by Crippen LogP contribution is 2.07. The van der Waals surface area contributed by atoms with Crippen molar-refractivity contribution < 1.29 is 9.53 Å². The predicted octanol–water partition coefficient (Wildman–Crippen LogP) is 1.82. The number of ether oxygens (including phenoxy) is 1. The molecule has 0 aliphatic heterocycles. The number of carbonyl (C=O) groups is 1. The van der Waals surface area contributed by atoms with Crippen LogP contribution in [0.5, 0.6) is 0 Å². The summed E-state index contributed by atoms with van der Waals surface area (Å²) in [7, 11) is 1.67. The Morgan fingerprint density at radius 2 is 2.28 bits per heavy atom. The van der Waals surface area contributed by atoms with Gasteiger partial charge in [-0.3, -0.25) is 4.79 Å². The molecule has 0 heterocycles. The smallest absolute Gasteiger partial charge is 0.243 e. The Hall–Kier alpha value is -1.81. The predicted molar refractivity (Wildman–Crippen MR) is 74.0 cm³/mol. The van der Waals surface area contributed by atoms with Crippen molar-refractivity contribution in [3.8, 4) is 0 Å². The number of amides is 1. The second-order valence-corrected chi connectivity index (χ2v) is 3.99. The first-order chi connectivity index (χ1) is 8.72. The number of hydrogen-bond acceptors (Lipinski definition) is 3. The molecule has 0 aliphatic rings. The number of nitrogen functional groups attached to an aromatic ring is 1. The molecule has 0 aliphatic carbocycles. The molecule has 98 valence electrons. The molecule has 0 spiro atoms. The molecule has 1 rings (SSSR count). The molecular weight excluding hydrogens is 228 g/mol. The second-order valence-electron chi connectivity index (χ2n) is 3.99. The van der Waals surface area contributed by atoms with E-state index in [4.69, 9.17) is 10.5 Å². The quantitative estimate of drug-likeness (QED) is 0.439. The molecule has 0 saturated carbocycles. The molecule has 0 atom stereocenters. The summed E-state index contributed by atoms with van der Waals surface area (Å²) in [5, 5.41) is 2.81. The number of rotatable bonds is 7. The zero-order valence-electron chi connectivity index (χ0n) is 10.7. The van der Waals surface area contributed by atoms with E-state index in [2.05, 4.69) is 5.32 Å². The van der Waals surface area contributed by atoms with Crippen molar-refractivity contribution in [3.63, 3.8) is 0 Å². The summed E-state index contributed by atoms with van der Waals surface area (Å²) in [4.78, 5) is 11.5. The van der Waals surface area contributed by atoms with Crippen molar-refractivity contribution in [1.82, 2.24) is 5.32 Å². The number of methoxy groups -OCH3 is 1. The second kappa shape index (κ2) is 8.31. The number of hydrogen-bond donors (Lipinski definition) is 2. The standard InChI is InChI=1S/C14H20N2O2/c1-18-10-3-2-9-16-14(17)8-7-12-5-4-6-13(15)11-12/h4-8,11H,2-3,9-10,15H2,1H3,(H,16,17)/b8-7+. The maximum Gasteiger partial charge on any atom is 0.243 e. The highest BCUT2D eigenvalue weighted by molar-refractivity contribution is 5.91. The number of benzene rings is 1. The van der Waals surface area contributed by atoms with Gasteiger partial charge < -0.3 is 15.8 Å². The topological polar surface area (TPSA) is 64.3 Å².